The van der Waals surface area contributed by atoms with Crippen LogP contribution >= 0.6 is 0 Å². The first-order valence-electron chi connectivity index (χ1n) is 6.35. The average Bonchev–Trinajstić information content (AvgIpc) is 2.95. The lowest BCUT2D eigenvalue weighted by atomic mass is 9.73. The number of hydrogen-bond donors (Lipinski definition) is 0. The minimum atomic E-state index is -3.99. The third-order valence-corrected chi connectivity index (χ3v) is 4.21. The van der Waals surface area contributed by atoms with Crippen LogP contribution in [0, 0.1) is 10.8 Å². The number of halogens is 3. The SMILES string of the molecule is CCCCC(C)(CC)CC1(C(F)(F)F)CC1. The molecule has 1 unspecified atom stereocenters. The second-order valence-corrected chi connectivity index (χ2v) is 5.72. The molecule has 0 aliphatic heterocycles. The van der Waals surface area contributed by atoms with E-state index in [1.165, 1.54) is 0 Å². The smallest absolute Gasteiger partial charge is 0.171 e. The van der Waals surface area contributed by atoms with Crippen LogP contribution in [0.1, 0.15) is 65.7 Å². The predicted octanol–water partition coefficient (Wildman–Crippen LogP) is 5.33. The average molecular weight is 236 g/mol. The second-order valence-electron chi connectivity index (χ2n) is 5.72. The molecule has 96 valence electrons. The van der Waals surface area contributed by atoms with Gasteiger partial charge in [0.15, 0.2) is 0 Å². The molecule has 0 nitrogen and oxygen atoms in total. The van der Waals surface area contributed by atoms with Crippen molar-refractivity contribution < 1.29 is 13.2 Å². The van der Waals surface area contributed by atoms with Crippen LogP contribution in [-0.4, -0.2) is 6.18 Å². The van der Waals surface area contributed by atoms with Gasteiger partial charge in [-0.1, -0.05) is 40.0 Å². The Kier molecular flexibility index (Phi) is 3.96. The molecule has 1 fully saturated rings. The Bertz CT molecular complexity index is 228. The van der Waals surface area contributed by atoms with Crippen molar-refractivity contribution in [3.05, 3.63) is 0 Å². The Morgan fingerprint density at radius 3 is 2.00 bits per heavy atom. The molecule has 0 radical (unpaired) electrons. The molecule has 0 aromatic carbocycles. The first-order chi connectivity index (χ1) is 7.29. The molecule has 0 saturated heterocycles. The van der Waals surface area contributed by atoms with Crippen molar-refractivity contribution in [3.8, 4) is 0 Å². The number of unbranched alkanes of at least 4 members (excludes halogenated alkanes) is 1. The second kappa shape index (κ2) is 4.58. The summed E-state index contributed by atoms with van der Waals surface area (Å²) in [5.41, 5.74) is -1.45. The van der Waals surface area contributed by atoms with E-state index in [2.05, 4.69) is 6.92 Å². The van der Waals surface area contributed by atoms with Gasteiger partial charge in [0.1, 0.15) is 0 Å². The van der Waals surface area contributed by atoms with Crippen LogP contribution in [0.15, 0.2) is 0 Å². The monoisotopic (exact) mass is 236 g/mol. The fourth-order valence-electron chi connectivity index (χ4n) is 2.52. The third-order valence-electron chi connectivity index (χ3n) is 4.21. The van der Waals surface area contributed by atoms with Crippen molar-refractivity contribution in [1.29, 1.82) is 0 Å². The molecule has 1 saturated carbocycles. The Morgan fingerprint density at radius 2 is 1.69 bits per heavy atom. The van der Waals surface area contributed by atoms with Crippen LogP contribution in [0.4, 0.5) is 13.2 Å². The molecular formula is C13H23F3. The Hall–Kier alpha value is -0.210. The lowest BCUT2D eigenvalue weighted by Crippen LogP contribution is -2.31. The number of rotatable bonds is 6. The topological polar surface area (TPSA) is 0 Å². The number of hydrogen-bond acceptors (Lipinski definition) is 0. The molecule has 0 heterocycles. The largest absolute Gasteiger partial charge is 0.394 e. The first kappa shape index (κ1) is 13.9. The lowest BCUT2D eigenvalue weighted by molar-refractivity contribution is -0.196. The fourth-order valence-corrected chi connectivity index (χ4v) is 2.52. The first-order valence-corrected chi connectivity index (χ1v) is 6.35. The molecule has 1 aliphatic rings. The number of alkyl halides is 3. The molecule has 0 N–H and O–H groups in total. The van der Waals surface area contributed by atoms with Gasteiger partial charge in [0.2, 0.25) is 0 Å². The summed E-state index contributed by atoms with van der Waals surface area (Å²) < 4.78 is 38.7. The van der Waals surface area contributed by atoms with Crippen LogP contribution in [0.3, 0.4) is 0 Å². The van der Waals surface area contributed by atoms with Crippen LogP contribution < -0.4 is 0 Å². The van der Waals surface area contributed by atoms with Crippen molar-refractivity contribution in [2.24, 2.45) is 10.8 Å². The highest BCUT2D eigenvalue weighted by molar-refractivity contribution is 5.02. The van der Waals surface area contributed by atoms with Gasteiger partial charge in [-0.2, -0.15) is 13.2 Å². The highest BCUT2D eigenvalue weighted by Gasteiger charge is 2.64. The Morgan fingerprint density at radius 1 is 1.12 bits per heavy atom. The van der Waals surface area contributed by atoms with E-state index in [9.17, 15) is 13.2 Å². The molecule has 0 aromatic heterocycles. The summed E-state index contributed by atoms with van der Waals surface area (Å²) in [6.45, 7) is 6.13. The van der Waals surface area contributed by atoms with Crippen molar-refractivity contribution in [3.63, 3.8) is 0 Å². The Labute approximate surface area is 96.6 Å². The van der Waals surface area contributed by atoms with Gasteiger partial charge in [-0.05, 0) is 31.1 Å². The summed E-state index contributed by atoms with van der Waals surface area (Å²) in [4.78, 5) is 0. The molecule has 0 aromatic rings. The quantitative estimate of drug-likeness (QED) is 0.585. The van der Waals surface area contributed by atoms with Crippen LogP contribution in [0.25, 0.3) is 0 Å². The van der Waals surface area contributed by atoms with Crippen molar-refractivity contribution in [1.82, 2.24) is 0 Å². The van der Waals surface area contributed by atoms with Gasteiger partial charge in [-0.3, -0.25) is 0 Å². The van der Waals surface area contributed by atoms with Gasteiger partial charge in [0, 0.05) is 0 Å². The van der Waals surface area contributed by atoms with Crippen molar-refractivity contribution in [2.45, 2.75) is 71.9 Å². The normalized spacial score (nSPS) is 22.9. The zero-order chi connectivity index (χ0) is 12.4. The van der Waals surface area contributed by atoms with Gasteiger partial charge in [0.05, 0.1) is 5.41 Å². The van der Waals surface area contributed by atoms with Crippen LogP contribution in [0.2, 0.25) is 0 Å². The van der Waals surface area contributed by atoms with E-state index in [1.807, 2.05) is 13.8 Å². The summed E-state index contributed by atoms with van der Waals surface area (Å²) in [6, 6.07) is 0. The molecule has 0 bridgehead atoms. The molecule has 16 heavy (non-hydrogen) atoms. The maximum Gasteiger partial charge on any atom is 0.394 e. The van der Waals surface area contributed by atoms with E-state index >= 15 is 0 Å². The predicted molar refractivity (Wildman–Crippen MR) is 60.3 cm³/mol. The van der Waals surface area contributed by atoms with E-state index < -0.39 is 11.6 Å². The van der Waals surface area contributed by atoms with Gasteiger partial charge >= 0.3 is 6.18 Å². The fraction of sp³-hybridized carbons (Fsp3) is 1.00. The summed E-state index contributed by atoms with van der Waals surface area (Å²) >= 11 is 0. The van der Waals surface area contributed by atoms with Crippen LogP contribution in [-0.2, 0) is 0 Å². The van der Waals surface area contributed by atoms with E-state index in [-0.39, 0.29) is 5.41 Å². The molecule has 1 atom stereocenters. The molecule has 1 rings (SSSR count). The minimum Gasteiger partial charge on any atom is -0.171 e. The maximum absolute atomic E-state index is 12.9. The Balaban J connectivity index is 2.63. The summed E-state index contributed by atoms with van der Waals surface area (Å²) in [6.07, 6.45) is 0.918. The molecule has 0 spiro atoms. The molecule has 0 amide bonds. The van der Waals surface area contributed by atoms with Gasteiger partial charge < -0.3 is 0 Å². The maximum atomic E-state index is 12.9. The molecule has 1 aliphatic carbocycles. The summed E-state index contributed by atoms with van der Waals surface area (Å²) in [7, 11) is 0. The molecule has 3 heteroatoms. The summed E-state index contributed by atoms with van der Waals surface area (Å²) in [5, 5.41) is 0. The van der Waals surface area contributed by atoms with Gasteiger partial charge in [0.25, 0.3) is 0 Å². The van der Waals surface area contributed by atoms with Gasteiger partial charge in [-0.15, -0.1) is 0 Å². The highest BCUT2D eigenvalue weighted by Crippen LogP contribution is 2.63. The van der Waals surface area contributed by atoms with E-state index in [0.29, 0.717) is 19.3 Å². The van der Waals surface area contributed by atoms with Crippen LogP contribution in [0.5, 0.6) is 0 Å². The minimum absolute atomic E-state index is 0.123. The van der Waals surface area contributed by atoms with E-state index in [0.717, 1.165) is 25.7 Å². The standard InChI is InChI=1S/C13H23F3/c1-4-6-7-11(3,5-2)10-12(8-9-12)13(14,15)16/h4-10H2,1-3H3. The third kappa shape index (κ3) is 2.92. The summed E-state index contributed by atoms with van der Waals surface area (Å²) in [5.74, 6) is 0. The van der Waals surface area contributed by atoms with Crippen molar-refractivity contribution >= 4 is 0 Å². The van der Waals surface area contributed by atoms with Crippen molar-refractivity contribution in [2.75, 3.05) is 0 Å². The zero-order valence-corrected chi connectivity index (χ0v) is 10.6. The molecular weight excluding hydrogens is 213 g/mol. The zero-order valence-electron chi connectivity index (χ0n) is 10.6. The lowest BCUT2D eigenvalue weighted by Gasteiger charge is -2.33. The highest BCUT2D eigenvalue weighted by atomic mass is 19.4. The van der Waals surface area contributed by atoms with E-state index in [1.54, 1.807) is 0 Å². The van der Waals surface area contributed by atoms with E-state index in [4.69, 9.17) is 0 Å². The van der Waals surface area contributed by atoms with Gasteiger partial charge in [-0.25, -0.2) is 0 Å².